The summed E-state index contributed by atoms with van der Waals surface area (Å²) in [6, 6.07) is 155. The summed E-state index contributed by atoms with van der Waals surface area (Å²) < 4.78 is 13.1. The molecule has 10 heteroatoms. The number of ether oxygens (including phenoxy) is 1. The molecule has 6 nitrogen and oxygen atoms in total. The van der Waals surface area contributed by atoms with Crippen molar-refractivity contribution < 1.29 is 4.74 Å². The lowest BCUT2D eigenvalue weighted by Crippen LogP contribution is -2.64. The van der Waals surface area contributed by atoms with E-state index < -0.39 is 0 Å². The van der Waals surface area contributed by atoms with Crippen LogP contribution in [0.2, 0.25) is 0 Å². The molecule has 4 aliphatic heterocycles. The van der Waals surface area contributed by atoms with Gasteiger partial charge in [-0.25, -0.2) is 0 Å². The molecule has 0 saturated carbocycles. The number of thiophene rings is 2. The Morgan fingerprint density at radius 2 is 0.653 bits per heavy atom. The molecule has 0 N–H and O–H groups in total. The van der Waals surface area contributed by atoms with Gasteiger partial charge in [0.1, 0.15) is 11.5 Å². The summed E-state index contributed by atoms with van der Waals surface area (Å²) in [5.74, 6) is 1.59. The standard InChI is InChI=1S/C108H69B2N5OS2/c1-8-34-70(35-9-1)79-50-30-51-80(71-36-10-2-11-37-71)106(79)114-90-57-26-24-55-86(90)109-88-68-89-98(69-94(88)113(76-46-20-7-21-47-76)95-64-77(65-96(114)104(95)109)112(75-44-18-6-19-45-75)93-60-32-54-84-83-48-22-28-61-100(83)118-108(84)93)116-99-67-78(111(74-42-16-5-17-43-74)92-59-33-63-102-103(92)85-49-23-29-62-101(85)117-102)66-97-105(99)110(89)87-56-25-27-58-91(87)115(97)107-81(72-38-12-3-13-39-72)52-31-53-82(107)73-40-14-4-15-41-73/h1-69H. The van der Waals surface area contributed by atoms with Gasteiger partial charge in [-0.3, -0.25) is 0 Å². The lowest BCUT2D eigenvalue weighted by molar-refractivity contribution is 0.488. The molecule has 0 aliphatic carbocycles. The summed E-state index contributed by atoms with van der Waals surface area (Å²) in [4.78, 5) is 12.8. The molecule has 0 atom stereocenters. The summed E-state index contributed by atoms with van der Waals surface area (Å²) >= 11 is 3.70. The summed E-state index contributed by atoms with van der Waals surface area (Å²) in [5.41, 5.74) is 31.8. The Bertz CT molecular complexity index is 7280. The number of rotatable bonds is 13. The van der Waals surface area contributed by atoms with Gasteiger partial charge in [0.2, 0.25) is 0 Å². The van der Waals surface area contributed by atoms with E-state index in [2.05, 4.69) is 443 Å². The van der Waals surface area contributed by atoms with E-state index in [0.717, 1.165) is 152 Å². The minimum atomic E-state index is -0.315. The average molecular weight is 1540 g/mol. The maximum Gasteiger partial charge on any atom is 0.256 e. The van der Waals surface area contributed by atoms with Gasteiger partial charge in [0.05, 0.1) is 38.8 Å². The molecule has 550 valence electrons. The summed E-state index contributed by atoms with van der Waals surface area (Å²) in [6.07, 6.45) is 0. The highest BCUT2D eigenvalue weighted by molar-refractivity contribution is 7.26. The van der Waals surface area contributed by atoms with Crippen molar-refractivity contribution in [3.63, 3.8) is 0 Å². The molecule has 0 fully saturated rings. The molecule has 0 radical (unpaired) electrons. The monoisotopic (exact) mass is 1540 g/mol. The number of anilines is 15. The first-order valence-corrected chi connectivity index (χ1v) is 42.1. The van der Waals surface area contributed by atoms with Crippen LogP contribution in [0.5, 0.6) is 11.5 Å². The zero-order valence-corrected chi connectivity index (χ0v) is 65.6. The zero-order valence-electron chi connectivity index (χ0n) is 64.0. The second-order valence-electron chi connectivity index (χ2n) is 30.9. The van der Waals surface area contributed by atoms with Gasteiger partial charge >= 0.3 is 0 Å². The summed E-state index contributed by atoms with van der Waals surface area (Å²) in [6.45, 7) is -0.614. The number of nitrogens with zero attached hydrogens (tertiary/aromatic N) is 5. The largest absolute Gasteiger partial charge is 0.458 e. The van der Waals surface area contributed by atoms with Crippen LogP contribution in [0.15, 0.2) is 419 Å². The number of hydrogen-bond donors (Lipinski definition) is 0. The van der Waals surface area contributed by atoms with Crippen molar-refractivity contribution in [2.45, 2.75) is 0 Å². The molecular formula is C108H69B2N5OS2. The van der Waals surface area contributed by atoms with Crippen LogP contribution >= 0.6 is 22.7 Å². The Hall–Kier alpha value is -14.7. The van der Waals surface area contributed by atoms with E-state index >= 15 is 0 Å². The van der Waals surface area contributed by atoms with Crippen LogP contribution < -0.4 is 62.0 Å². The van der Waals surface area contributed by atoms with Crippen LogP contribution in [0.25, 0.3) is 84.9 Å². The Labute approximate surface area is 693 Å². The maximum atomic E-state index is 8.21. The molecule has 18 aromatic carbocycles. The normalized spacial score (nSPS) is 12.7. The van der Waals surface area contributed by atoms with Crippen LogP contribution in [0.4, 0.5) is 85.3 Å². The van der Waals surface area contributed by atoms with Crippen LogP contribution in [0, 0.1) is 0 Å². The van der Waals surface area contributed by atoms with Crippen molar-refractivity contribution in [3.05, 3.63) is 419 Å². The predicted octanol–water partition coefficient (Wildman–Crippen LogP) is 26.5. The van der Waals surface area contributed by atoms with Gasteiger partial charge < -0.3 is 29.2 Å². The minimum Gasteiger partial charge on any atom is -0.458 e. The van der Waals surface area contributed by atoms with E-state index in [1.807, 2.05) is 22.7 Å². The highest BCUT2D eigenvalue weighted by atomic mass is 32.1. The molecule has 0 unspecified atom stereocenters. The van der Waals surface area contributed by atoms with Crippen LogP contribution in [-0.4, -0.2) is 13.4 Å². The minimum absolute atomic E-state index is 0.299. The molecule has 20 aromatic rings. The number of hydrogen-bond acceptors (Lipinski definition) is 8. The van der Waals surface area contributed by atoms with E-state index in [1.54, 1.807) is 0 Å². The first kappa shape index (κ1) is 67.8. The molecule has 118 heavy (non-hydrogen) atoms. The van der Waals surface area contributed by atoms with E-state index in [0.29, 0.717) is 0 Å². The molecule has 0 bridgehead atoms. The third-order valence-electron chi connectivity index (χ3n) is 24.4. The first-order chi connectivity index (χ1) is 58.6. The van der Waals surface area contributed by atoms with E-state index in [4.69, 9.17) is 4.74 Å². The Morgan fingerprint density at radius 3 is 1.21 bits per heavy atom. The van der Waals surface area contributed by atoms with Gasteiger partial charge in [-0.05, 0) is 152 Å². The Morgan fingerprint density at radius 1 is 0.246 bits per heavy atom. The molecule has 0 saturated heterocycles. The fraction of sp³-hybridized carbons (Fsp3) is 0. The van der Waals surface area contributed by atoms with E-state index in [1.165, 1.54) is 62.2 Å². The fourth-order valence-corrected chi connectivity index (χ4v) is 21.9. The maximum absolute atomic E-state index is 8.21. The fourth-order valence-electron chi connectivity index (χ4n) is 19.5. The van der Waals surface area contributed by atoms with E-state index in [9.17, 15) is 0 Å². The highest BCUT2D eigenvalue weighted by Crippen LogP contribution is 2.57. The zero-order chi connectivity index (χ0) is 77.5. The quantitative estimate of drug-likeness (QED) is 0.107. The van der Waals surface area contributed by atoms with Crippen LogP contribution in [-0.2, 0) is 0 Å². The molecule has 4 aliphatic rings. The van der Waals surface area contributed by atoms with Gasteiger partial charge in [-0.2, -0.15) is 0 Å². The van der Waals surface area contributed by atoms with E-state index in [-0.39, 0.29) is 13.4 Å². The van der Waals surface area contributed by atoms with Gasteiger partial charge in [-0.1, -0.05) is 309 Å². The van der Waals surface area contributed by atoms with Crippen molar-refractivity contribution in [1.29, 1.82) is 0 Å². The highest BCUT2D eigenvalue weighted by Gasteiger charge is 2.49. The van der Waals surface area contributed by atoms with Gasteiger partial charge in [0.25, 0.3) is 13.4 Å². The second-order valence-corrected chi connectivity index (χ2v) is 33.0. The van der Waals surface area contributed by atoms with Crippen molar-refractivity contribution in [2.24, 2.45) is 0 Å². The van der Waals surface area contributed by atoms with Crippen molar-refractivity contribution in [2.75, 3.05) is 24.5 Å². The van der Waals surface area contributed by atoms with Gasteiger partial charge in [0, 0.05) is 121 Å². The SMILES string of the molecule is c1ccc(-c2cccc(-c3ccccc3)c2N2c3ccccc3B3c4cc5c(cc4Oc4cc(N(c6ccccc6)c6cccc7sc8ccccc8c67)cc2c43)N(c2ccccc2)c2cc(N(c3ccccc3)c3cccc4c3sc3ccccc34)cc3c2B5c2ccccc2N3c2c(-c3ccccc3)cccc2-c2ccccc2)cc1. The third-order valence-corrected chi connectivity index (χ3v) is 26.8. The van der Waals surface area contributed by atoms with Crippen molar-refractivity contribution in [1.82, 2.24) is 0 Å². The topological polar surface area (TPSA) is 25.4 Å². The Kier molecular flexibility index (Phi) is 15.8. The average Bonchev–Trinajstić information content (AvgIpc) is 0.807. The number of benzene rings is 18. The van der Waals surface area contributed by atoms with Gasteiger partial charge in [0.15, 0.2) is 0 Å². The second kappa shape index (κ2) is 27.5. The smallest absolute Gasteiger partial charge is 0.256 e. The summed E-state index contributed by atoms with van der Waals surface area (Å²) in [7, 11) is 0. The third kappa shape index (κ3) is 10.7. The van der Waals surface area contributed by atoms with Crippen LogP contribution in [0.3, 0.4) is 0 Å². The number of fused-ring (bicyclic) bond motifs is 14. The Balaban J connectivity index is 0.806. The molecule has 0 amide bonds. The lowest BCUT2D eigenvalue weighted by Gasteiger charge is -2.46. The first-order valence-electron chi connectivity index (χ1n) is 40.4. The number of para-hydroxylation sites is 7. The van der Waals surface area contributed by atoms with Crippen LogP contribution in [0.1, 0.15) is 0 Å². The molecule has 24 rings (SSSR count). The molecule has 2 aromatic heterocycles. The lowest BCUT2D eigenvalue weighted by atomic mass is 9.30. The molecule has 0 spiro atoms. The van der Waals surface area contributed by atoms with Gasteiger partial charge in [-0.15, -0.1) is 22.7 Å². The van der Waals surface area contributed by atoms with Crippen molar-refractivity contribution in [3.8, 4) is 56.0 Å². The predicted molar refractivity (Wildman–Crippen MR) is 503 cm³/mol. The molecule has 6 heterocycles. The van der Waals surface area contributed by atoms with Crippen molar-refractivity contribution >= 4 is 195 Å². The summed E-state index contributed by atoms with van der Waals surface area (Å²) in [5, 5.41) is 4.91. The molecular weight excluding hydrogens is 1470 g/mol.